The molecule has 0 aliphatic carbocycles. The van der Waals surface area contributed by atoms with Gasteiger partial charge in [0.15, 0.2) is 5.69 Å². The molecule has 0 atom stereocenters. The highest BCUT2D eigenvalue weighted by Gasteiger charge is 2.13. The summed E-state index contributed by atoms with van der Waals surface area (Å²) in [4.78, 5) is 10.8. The van der Waals surface area contributed by atoms with Crippen molar-refractivity contribution in [2.75, 3.05) is 0 Å². The maximum atomic E-state index is 13.1. The lowest BCUT2D eigenvalue weighted by atomic mass is 10.3. The first-order valence-corrected chi connectivity index (χ1v) is 4.56. The van der Waals surface area contributed by atoms with Crippen molar-refractivity contribution in [2.24, 2.45) is 0 Å². The first-order valence-electron chi connectivity index (χ1n) is 4.18. The molecule has 0 radical (unpaired) electrons. The topological polar surface area (TPSA) is 68.0 Å². The van der Waals surface area contributed by atoms with Gasteiger partial charge in [0.1, 0.15) is 5.82 Å². The number of aromatic carboxylic acids is 1. The van der Waals surface area contributed by atoms with Gasteiger partial charge in [-0.25, -0.2) is 13.9 Å². The molecule has 0 aliphatic rings. The third kappa shape index (κ3) is 1.87. The number of benzene rings is 1. The van der Waals surface area contributed by atoms with Gasteiger partial charge in [0.25, 0.3) is 0 Å². The first-order chi connectivity index (χ1) is 7.58. The number of rotatable bonds is 2. The van der Waals surface area contributed by atoms with Crippen LogP contribution in [0, 0.1) is 5.82 Å². The van der Waals surface area contributed by atoms with E-state index in [4.69, 9.17) is 16.7 Å². The van der Waals surface area contributed by atoms with Crippen LogP contribution in [0.3, 0.4) is 0 Å². The zero-order valence-corrected chi connectivity index (χ0v) is 8.52. The van der Waals surface area contributed by atoms with Gasteiger partial charge in [0.2, 0.25) is 0 Å². The molecule has 7 heteroatoms. The van der Waals surface area contributed by atoms with Crippen molar-refractivity contribution in [1.29, 1.82) is 0 Å². The molecule has 0 saturated carbocycles. The van der Waals surface area contributed by atoms with E-state index in [0.717, 1.165) is 23.0 Å². The van der Waals surface area contributed by atoms with Gasteiger partial charge < -0.3 is 5.11 Å². The Labute approximate surface area is 94.1 Å². The Balaban J connectivity index is 2.58. The molecule has 0 fully saturated rings. The minimum atomic E-state index is -1.20. The lowest BCUT2D eigenvalue weighted by molar-refractivity contribution is 0.0687. The smallest absolute Gasteiger partial charge is 0.356 e. The van der Waals surface area contributed by atoms with E-state index in [0.29, 0.717) is 0 Å². The lowest BCUT2D eigenvalue weighted by Gasteiger charge is -2.03. The van der Waals surface area contributed by atoms with E-state index in [1.165, 1.54) is 6.07 Å². The SMILES string of the molecule is O=C(O)c1cnnn1-c1cc(F)cc(Cl)c1. The predicted molar refractivity (Wildman–Crippen MR) is 53.3 cm³/mol. The standard InChI is InChI=1S/C9H5ClFN3O2/c10-5-1-6(11)3-7(2-5)14-8(9(15)16)4-12-13-14/h1-4H,(H,15,16). The third-order valence-electron chi connectivity index (χ3n) is 1.86. The van der Waals surface area contributed by atoms with Gasteiger partial charge in [0, 0.05) is 5.02 Å². The minimum absolute atomic E-state index is 0.154. The molecule has 2 aromatic rings. The van der Waals surface area contributed by atoms with E-state index in [9.17, 15) is 9.18 Å². The summed E-state index contributed by atoms with van der Waals surface area (Å²) < 4.78 is 14.1. The first kappa shape index (κ1) is 10.6. The summed E-state index contributed by atoms with van der Waals surface area (Å²) in [5.41, 5.74) is 0.0431. The Morgan fingerprint density at radius 1 is 1.44 bits per heavy atom. The highest BCUT2D eigenvalue weighted by molar-refractivity contribution is 6.30. The molecule has 1 N–H and O–H groups in total. The van der Waals surface area contributed by atoms with Crippen LogP contribution >= 0.6 is 11.6 Å². The van der Waals surface area contributed by atoms with Crippen LogP contribution < -0.4 is 0 Å². The summed E-state index contributed by atoms with van der Waals surface area (Å²) in [5, 5.41) is 16.0. The summed E-state index contributed by atoms with van der Waals surface area (Å²) in [5.74, 6) is -1.78. The van der Waals surface area contributed by atoms with Crippen molar-refractivity contribution in [2.45, 2.75) is 0 Å². The second-order valence-corrected chi connectivity index (χ2v) is 3.40. The van der Waals surface area contributed by atoms with Crippen LogP contribution in [-0.4, -0.2) is 26.1 Å². The fraction of sp³-hybridized carbons (Fsp3) is 0. The fourth-order valence-electron chi connectivity index (χ4n) is 1.23. The number of nitrogens with zero attached hydrogens (tertiary/aromatic N) is 3. The van der Waals surface area contributed by atoms with E-state index in [-0.39, 0.29) is 16.4 Å². The van der Waals surface area contributed by atoms with Crippen molar-refractivity contribution in [3.8, 4) is 5.69 Å². The summed E-state index contributed by atoms with van der Waals surface area (Å²) in [6, 6.07) is 3.63. The molecule has 82 valence electrons. The molecule has 0 spiro atoms. The average molecular weight is 242 g/mol. The highest BCUT2D eigenvalue weighted by Crippen LogP contribution is 2.17. The normalized spacial score (nSPS) is 10.4. The maximum absolute atomic E-state index is 13.1. The monoisotopic (exact) mass is 241 g/mol. The largest absolute Gasteiger partial charge is 0.476 e. The van der Waals surface area contributed by atoms with Crippen LogP contribution in [-0.2, 0) is 0 Å². The van der Waals surface area contributed by atoms with E-state index in [1.807, 2.05) is 0 Å². The van der Waals surface area contributed by atoms with Crippen molar-refractivity contribution in [3.05, 3.63) is 40.9 Å². The highest BCUT2D eigenvalue weighted by atomic mass is 35.5. The Hall–Kier alpha value is -1.95. The summed E-state index contributed by atoms with van der Waals surface area (Å²) in [7, 11) is 0. The fourth-order valence-corrected chi connectivity index (χ4v) is 1.45. The Morgan fingerprint density at radius 3 is 2.81 bits per heavy atom. The van der Waals surface area contributed by atoms with Crippen molar-refractivity contribution < 1.29 is 14.3 Å². The number of carboxylic acids is 1. The molecule has 0 aliphatic heterocycles. The van der Waals surface area contributed by atoms with Crippen LogP contribution in [0.15, 0.2) is 24.4 Å². The van der Waals surface area contributed by atoms with Gasteiger partial charge in [-0.05, 0) is 18.2 Å². The van der Waals surface area contributed by atoms with Crippen molar-refractivity contribution in [1.82, 2.24) is 15.0 Å². The molecular weight excluding hydrogens is 237 g/mol. The third-order valence-corrected chi connectivity index (χ3v) is 2.08. The number of hydrogen-bond donors (Lipinski definition) is 1. The lowest BCUT2D eigenvalue weighted by Crippen LogP contribution is -2.08. The van der Waals surface area contributed by atoms with Crippen LogP contribution in [0.25, 0.3) is 5.69 Å². The second-order valence-electron chi connectivity index (χ2n) is 2.96. The number of hydrogen-bond acceptors (Lipinski definition) is 3. The quantitative estimate of drug-likeness (QED) is 0.870. The summed E-state index contributed by atoms with van der Waals surface area (Å²) in [6.07, 6.45) is 1.07. The molecule has 1 aromatic heterocycles. The Kier molecular flexibility index (Phi) is 2.57. The van der Waals surface area contributed by atoms with Gasteiger partial charge in [-0.15, -0.1) is 5.10 Å². The van der Waals surface area contributed by atoms with Crippen LogP contribution in [0.1, 0.15) is 10.5 Å². The van der Waals surface area contributed by atoms with Crippen LogP contribution in [0.2, 0.25) is 5.02 Å². The van der Waals surface area contributed by atoms with E-state index < -0.39 is 11.8 Å². The maximum Gasteiger partial charge on any atom is 0.356 e. The summed E-state index contributed by atoms with van der Waals surface area (Å²) >= 11 is 5.65. The molecule has 16 heavy (non-hydrogen) atoms. The van der Waals surface area contributed by atoms with E-state index >= 15 is 0 Å². The molecule has 1 aromatic carbocycles. The van der Waals surface area contributed by atoms with Crippen molar-refractivity contribution in [3.63, 3.8) is 0 Å². The minimum Gasteiger partial charge on any atom is -0.476 e. The second kappa shape index (κ2) is 3.90. The molecule has 1 heterocycles. The Morgan fingerprint density at radius 2 is 2.19 bits per heavy atom. The molecular formula is C9H5ClFN3O2. The molecule has 0 bridgehead atoms. The number of carboxylic acid groups (broad SMARTS) is 1. The molecule has 0 unspecified atom stereocenters. The molecule has 2 rings (SSSR count). The zero-order chi connectivity index (χ0) is 11.7. The van der Waals surface area contributed by atoms with Crippen LogP contribution in [0.5, 0.6) is 0 Å². The molecule has 0 saturated heterocycles. The summed E-state index contributed by atoms with van der Waals surface area (Å²) in [6.45, 7) is 0. The van der Waals surface area contributed by atoms with E-state index in [2.05, 4.69) is 10.3 Å². The van der Waals surface area contributed by atoms with Gasteiger partial charge >= 0.3 is 5.97 Å². The van der Waals surface area contributed by atoms with Gasteiger partial charge in [-0.3, -0.25) is 0 Å². The van der Waals surface area contributed by atoms with Gasteiger partial charge in [-0.2, -0.15) is 0 Å². The Bertz CT molecular complexity index is 535. The van der Waals surface area contributed by atoms with Crippen LogP contribution in [0.4, 0.5) is 4.39 Å². The van der Waals surface area contributed by atoms with Gasteiger partial charge in [-0.1, -0.05) is 16.8 Å². The zero-order valence-electron chi connectivity index (χ0n) is 7.76. The molecule has 5 nitrogen and oxygen atoms in total. The number of carbonyl (C=O) groups is 1. The number of aromatic nitrogens is 3. The van der Waals surface area contributed by atoms with Gasteiger partial charge in [0.05, 0.1) is 11.9 Å². The van der Waals surface area contributed by atoms with Crippen molar-refractivity contribution >= 4 is 17.6 Å². The molecule has 0 amide bonds. The van der Waals surface area contributed by atoms with E-state index in [1.54, 1.807) is 0 Å². The predicted octanol–water partition coefficient (Wildman–Crippen LogP) is 1.76. The number of halogens is 2. The average Bonchev–Trinajstić information content (AvgIpc) is 2.63.